The van der Waals surface area contributed by atoms with Gasteiger partial charge in [0.15, 0.2) is 0 Å². The second-order valence-electron chi connectivity index (χ2n) is 5.36. The fraction of sp³-hybridized carbons (Fsp3) is 0.600. The average Bonchev–Trinajstić information content (AvgIpc) is 2.39. The topological polar surface area (TPSA) is 21.3 Å². The third kappa shape index (κ3) is 2.72. The van der Waals surface area contributed by atoms with Crippen LogP contribution in [0.3, 0.4) is 0 Å². The SMILES string of the molecule is CCOC1CC(Nc2ccc(Cl)cc2F)C1(C)CC. The molecule has 0 radical (unpaired) electrons. The monoisotopic (exact) mass is 285 g/mol. The minimum Gasteiger partial charge on any atom is -0.379 e. The lowest BCUT2D eigenvalue weighted by molar-refractivity contribution is -0.109. The van der Waals surface area contributed by atoms with Crippen molar-refractivity contribution >= 4 is 17.3 Å². The zero-order chi connectivity index (χ0) is 14.0. The predicted octanol–water partition coefficient (Wildman–Crippen LogP) is 4.48. The molecule has 0 aliphatic heterocycles. The molecule has 1 aromatic carbocycles. The summed E-state index contributed by atoms with van der Waals surface area (Å²) in [6, 6.07) is 4.98. The number of benzene rings is 1. The molecular weight excluding hydrogens is 265 g/mol. The molecule has 4 heteroatoms. The summed E-state index contributed by atoms with van der Waals surface area (Å²) in [5, 5.41) is 3.71. The van der Waals surface area contributed by atoms with Crippen LogP contribution >= 0.6 is 11.6 Å². The van der Waals surface area contributed by atoms with Gasteiger partial charge < -0.3 is 10.1 Å². The van der Waals surface area contributed by atoms with Crippen molar-refractivity contribution in [1.82, 2.24) is 0 Å². The molecule has 3 unspecified atom stereocenters. The van der Waals surface area contributed by atoms with Gasteiger partial charge in [0.1, 0.15) is 5.82 Å². The largest absolute Gasteiger partial charge is 0.379 e. The highest BCUT2D eigenvalue weighted by Crippen LogP contribution is 2.47. The van der Waals surface area contributed by atoms with Crippen molar-refractivity contribution in [3.05, 3.63) is 29.0 Å². The van der Waals surface area contributed by atoms with Gasteiger partial charge in [0.25, 0.3) is 0 Å². The second-order valence-corrected chi connectivity index (χ2v) is 5.80. The molecule has 1 aliphatic carbocycles. The predicted molar refractivity (Wildman–Crippen MR) is 77.2 cm³/mol. The molecule has 0 bridgehead atoms. The van der Waals surface area contributed by atoms with Crippen molar-refractivity contribution in [2.45, 2.75) is 45.8 Å². The van der Waals surface area contributed by atoms with Gasteiger partial charge in [0, 0.05) is 23.1 Å². The third-order valence-corrected chi connectivity index (χ3v) is 4.61. The molecular formula is C15H21ClFNO. The first-order valence-electron chi connectivity index (χ1n) is 6.84. The van der Waals surface area contributed by atoms with Crippen molar-refractivity contribution in [3.8, 4) is 0 Å². The number of ether oxygens (including phenoxy) is 1. The summed E-state index contributed by atoms with van der Waals surface area (Å²) in [4.78, 5) is 0. The number of rotatable bonds is 5. The Kier molecular flexibility index (Phi) is 4.36. The molecule has 1 aliphatic rings. The lowest BCUT2D eigenvalue weighted by Gasteiger charge is -2.53. The Morgan fingerprint density at radius 3 is 2.79 bits per heavy atom. The molecule has 106 valence electrons. The van der Waals surface area contributed by atoms with E-state index in [2.05, 4.69) is 19.2 Å². The standard InChI is InChI=1S/C15H21ClFNO/c1-4-15(3)13(9-14(15)19-5-2)18-12-7-6-10(16)8-11(12)17/h6-8,13-14,18H,4-5,9H2,1-3H3. The van der Waals surface area contributed by atoms with Crippen LogP contribution in [-0.2, 0) is 4.74 Å². The van der Waals surface area contributed by atoms with Crippen LogP contribution in [0.15, 0.2) is 18.2 Å². The van der Waals surface area contributed by atoms with Crippen molar-refractivity contribution in [2.24, 2.45) is 5.41 Å². The Balaban J connectivity index is 2.08. The summed E-state index contributed by atoms with van der Waals surface area (Å²) in [5.41, 5.74) is 0.575. The van der Waals surface area contributed by atoms with Gasteiger partial charge in [-0.1, -0.05) is 25.4 Å². The van der Waals surface area contributed by atoms with Gasteiger partial charge in [-0.15, -0.1) is 0 Å². The highest BCUT2D eigenvalue weighted by atomic mass is 35.5. The van der Waals surface area contributed by atoms with Gasteiger partial charge in [0.2, 0.25) is 0 Å². The molecule has 1 N–H and O–H groups in total. The summed E-state index contributed by atoms with van der Waals surface area (Å²) in [6.07, 6.45) is 2.18. The molecule has 2 rings (SSSR count). The van der Waals surface area contributed by atoms with Crippen LogP contribution < -0.4 is 5.32 Å². The molecule has 19 heavy (non-hydrogen) atoms. The second kappa shape index (κ2) is 5.68. The number of anilines is 1. The molecule has 0 aromatic heterocycles. The van der Waals surface area contributed by atoms with E-state index in [0.717, 1.165) is 19.4 Å². The third-order valence-electron chi connectivity index (χ3n) is 4.37. The summed E-state index contributed by atoms with van der Waals surface area (Å²) < 4.78 is 19.5. The first kappa shape index (κ1) is 14.6. The molecule has 0 heterocycles. The van der Waals surface area contributed by atoms with Crippen LogP contribution in [0.4, 0.5) is 10.1 Å². The van der Waals surface area contributed by atoms with E-state index < -0.39 is 0 Å². The van der Waals surface area contributed by atoms with Gasteiger partial charge in [-0.3, -0.25) is 0 Å². The Morgan fingerprint density at radius 2 is 2.21 bits per heavy atom. The Bertz CT molecular complexity index is 454. The number of hydrogen-bond acceptors (Lipinski definition) is 2. The molecule has 0 spiro atoms. The molecule has 3 atom stereocenters. The minimum atomic E-state index is -0.300. The highest BCUT2D eigenvalue weighted by Gasteiger charge is 2.51. The maximum atomic E-state index is 13.8. The quantitative estimate of drug-likeness (QED) is 0.861. The molecule has 2 nitrogen and oxygen atoms in total. The maximum absolute atomic E-state index is 13.8. The fourth-order valence-electron chi connectivity index (χ4n) is 2.77. The molecule has 1 aromatic rings. The molecule has 1 fully saturated rings. The van der Waals surface area contributed by atoms with E-state index in [4.69, 9.17) is 16.3 Å². The number of nitrogens with one attached hydrogen (secondary N) is 1. The van der Waals surface area contributed by atoms with Crippen LogP contribution in [0, 0.1) is 11.2 Å². The van der Waals surface area contributed by atoms with Crippen LogP contribution in [0.25, 0.3) is 0 Å². The van der Waals surface area contributed by atoms with Gasteiger partial charge >= 0.3 is 0 Å². The van der Waals surface area contributed by atoms with E-state index in [1.54, 1.807) is 12.1 Å². The normalized spacial score (nSPS) is 29.9. The fourth-order valence-corrected chi connectivity index (χ4v) is 2.93. The summed E-state index contributed by atoms with van der Waals surface area (Å²) >= 11 is 5.76. The van der Waals surface area contributed by atoms with E-state index in [0.29, 0.717) is 10.7 Å². The molecule has 1 saturated carbocycles. The lowest BCUT2D eigenvalue weighted by Crippen LogP contribution is -2.59. The van der Waals surface area contributed by atoms with Crippen LogP contribution in [0.1, 0.15) is 33.6 Å². The Labute approximate surface area is 119 Å². The molecule has 0 saturated heterocycles. The minimum absolute atomic E-state index is 0.0576. The van der Waals surface area contributed by atoms with E-state index in [-0.39, 0.29) is 23.4 Å². The number of hydrogen-bond donors (Lipinski definition) is 1. The Morgan fingerprint density at radius 1 is 1.47 bits per heavy atom. The zero-order valence-electron chi connectivity index (χ0n) is 11.7. The van der Waals surface area contributed by atoms with Gasteiger partial charge in [0.05, 0.1) is 11.8 Å². The van der Waals surface area contributed by atoms with Crippen LogP contribution in [0.2, 0.25) is 5.02 Å². The summed E-state index contributed by atoms with van der Waals surface area (Å²) in [6.45, 7) is 7.08. The van der Waals surface area contributed by atoms with Gasteiger partial charge in [-0.25, -0.2) is 4.39 Å². The van der Waals surface area contributed by atoms with E-state index in [1.807, 2.05) is 6.92 Å². The lowest BCUT2D eigenvalue weighted by atomic mass is 9.61. The maximum Gasteiger partial charge on any atom is 0.147 e. The van der Waals surface area contributed by atoms with E-state index in [1.165, 1.54) is 6.07 Å². The van der Waals surface area contributed by atoms with E-state index >= 15 is 0 Å². The van der Waals surface area contributed by atoms with Crippen LogP contribution in [0.5, 0.6) is 0 Å². The van der Waals surface area contributed by atoms with Gasteiger partial charge in [-0.05, 0) is 38.0 Å². The first-order chi connectivity index (χ1) is 9.01. The first-order valence-corrected chi connectivity index (χ1v) is 7.22. The average molecular weight is 286 g/mol. The number of halogens is 2. The van der Waals surface area contributed by atoms with Gasteiger partial charge in [-0.2, -0.15) is 0 Å². The molecule has 0 amide bonds. The van der Waals surface area contributed by atoms with Crippen molar-refractivity contribution < 1.29 is 9.13 Å². The van der Waals surface area contributed by atoms with E-state index in [9.17, 15) is 4.39 Å². The highest BCUT2D eigenvalue weighted by molar-refractivity contribution is 6.30. The Hall–Kier alpha value is -0.800. The zero-order valence-corrected chi connectivity index (χ0v) is 12.4. The van der Waals surface area contributed by atoms with Crippen molar-refractivity contribution in [3.63, 3.8) is 0 Å². The van der Waals surface area contributed by atoms with Crippen molar-refractivity contribution in [2.75, 3.05) is 11.9 Å². The summed E-state index contributed by atoms with van der Waals surface area (Å²) in [7, 11) is 0. The van der Waals surface area contributed by atoms with Crippen molar-refractivity contribution in [1.29, 1.82) is 0 Å². The van der Waals surface area contributed by atoms with Crippen LogP contribution in [-0.4, -0.2) is 18.8 Å². The summed E-state index contributed by atoms with van der Waals surface area (Å²) in [5.74, 6) is -0.300. The smallest absolute Gasteiger partial charge is 0.147 e.